The lowest BCUT2D eigenvalue weighted by molar-refractivity contribution is -0.125. The van der Waals surface area contributed by atoms with Crippen LogP contribution in [-0.4, -0.2) is 24.4 Å². The van der Waals surface area contributed by atoms with Crippen LogP contribution in [0.1, 0.15) is 27.2 Å². The maximum Gasteiger partial charge on any atom is 0.239 e. The van der Waals surface area contributed by atoms with Crippen molar-refractivity contribution in [3.8, 4) is 0 Å². The number of hydrogen-bond acceptors (Lipinski definition) is 2. The highest BCUT2D eigenvalue weighted by atomic mass is 16.2. The molecule has 0 bridgehead atoms. The largest absolute Gasteiger partial charge is 0.352 e. The Morgan fingerprint density at radius 1 is 1.42 bits per heavy atom. The first kappa shape index (κ1) is 10.9. The van der Waals surface area contributed by atoms with Gasteiger partial charge in [0.25, 0.3) is 0 Å². The molecule has 0 aliphatic carbocycles. The third-order valence-electron chi connectivity index (χ3n) is 1.52. The van der Waals surface area contributed by atoms with E-state index in [4.69, 9.17) is 0 Å². The first-order chi connectivity index (χ1) is 5.56. The van der Waals surface area contributed by atoms with Crippen molar-refractivity contribution in [1.29, 1.82) is 0 Å². The normalized spacial score (nSPS) is 11.9. The van der Waals surface area contributed by atoms with Crippen LogP contribution in [0.4, 0.5) is 0 Å². The quantitative estimate of drug-likeness (QED) is 0.629. The molecule has 70 valence electrons. The molecule has 0 aliphatic heterocycles. The SMILES string of the molecule is CCC(C)NC(=O)CNC(C)=O. The predicted molar refractivity (Wildman–Crippen MR) is 46.6 cm³/mol. The molecule has 4 heteroatoms. The van der Waals surface area contributed by atoms with Crippen LogP contribution in [-0.2, 0) is 9.59 Å². The van der Waals surface area contributed by atoms with Gasteiger partial charge in [-0.1, -0.05) is 6.92 Å². The van der Waals surface area contributed by atoms with Gasteiger partial charge in [-0.05, 0) is 13.3 Å². The molecule has 0 heterocycles. The van der Waals surface area contributed by atoms with Gasteiger partial charge < -0.3 is 10.6 Å². The fourth-order valence-corrected chi connectivity index (χ4v) is 0.633. The summed E-state index contributed by atoms with van der Waals surface area (Å²) >= 11 is 0. The van der Waals surface area contributed by atoms with Crippen LogP contribution in [0.5, 0.6) is 0 Å². The summed E-state index contributed by atoms with van der Waals surface area (Å²) in [5.74, 6) is -0.325. The molecule has 0 aromatic rings. The Hall–Kier alpha value is -1.06. The van der Waals surface area contributed by atoms with Crippen LogP contribution >= 0.6 is 0 Å². The number of nitrogens with one attached hydrogen (secondary N) is 2. The molecule has 1 unspecified atom stereocenters. The topological polar surface area (TPSA) is 58.2 Å². The summed E-state index contributed by atoms with van der Waals surface area (Å²) < 4.78 is 0. The summed E-state index contributed by atoms with van der Waals surface area (Å²) in [6, 6.07) is 0.172. The zero-order chi connectivity index (χ0) is 9.56. The molecule has 0 aromatic carbocycles. The Balaban J connectivity index is 3.53. The summed E-state index contributed by atoms with van der Waals surface area (Å²) in [4.78, 5) is 21.4. The van der Waals surface area contributed by atoms with Gasteiger partial charge in [-0.3, -0.25) is 9.59 Å². The minimum atomic E-state index is -0.186. The van der Waals surface area contributed by atoms with Gasteiger partial charge in [0.1, 0.15) is 0 Å². The third kappa shape index (κ3) is 5.70. The zero-order valence-corrected chi connectivity index (χ0v) is 7.81. The lowest BCUT2D eigenvalue weighted by Gasteiger charge is -2.10. The van der Waals surface area contributed by atoms with Crippen LogP contribution in [0.3, 0.4) is 0 Å². The van der Waals surface area contributed by atoms with Crippen molar-refractivity contribution in [1.82, 2.24) is 10.6 Å². The summed E-state index contributed by atoms with van der Waals surface area (Å²) in [5.41, 5.74) is 0. The first-order valence-corrected chi connectivity index (χ1v) is 4.10. The first-order valence-electron chi connectivity index (χ1n) is 4.10. The van der Waals surface area contributed by atoms with E-state index in [1.807, 2.05) is 13.8 Å². The molecule has 0 aromatic heterocycles. The zero-order valence-electron chi connectivity index (χ0n) is 7.81. The van der Waals surface area contributed by atoms with Gasteiger partial charge >= 0.3 is 0 Å². The minimum absolute atomic E-state index is 0.0691. The molecule has 2 amide bonds. The van der Waals surface area contributed by atoms with Gasteiger partial charge in [-0.15, -0.1) is 0 Å². The number of carbonyl (C=O) groups is 2. The van der Waals surface area contributed by atoms with Gasteiger partial charge in [0.05, 0.1) is 6.54 Å². The molecule has 2 N–H and O–H groups in total. The van der Waals surface area contributed by atoms with Crippen LogP contribution in [0.15, 0.2) is 0 Å². The van der Waals surface area contributed by atoms with Crippen molar-refractivity contribution >= 4 is 11.8 Å². The van der Waals surface area contributed by atoms with E-state index < -0.39 is 0 Å². The Kier molecular flexibility index (Phi) is 5.08. The molecular formula is C8H16N2O2. The second kappa shape index (κ2) is 5.57. The Morgan fingerprint density at radius 3 is 2.42 bits per heavy atom. The molecule has 4 nitrogen and oxygen atoms in total. The van der Waals surface area contributed by atoms with Gasteiger partial charge in [0.15, 0.2) is 0 Å². The fraction of sp³-hybridized carbons (Fsp3) is 0.750. The van der Waals surface area contributed by atoms with Gasteiger partial charge in [-0.25, -0.2) is 0 Å². The smallest absolute Gasteiger partial charge is 0.239 e. The lowest BCUT2D eigenvalue weighted by atomic mass is 10.2. The molecule has 0 spiro atoms. The molecule has 0 aliphatic rings. The van der Waals surface area contributed by atoms with E-state index in [0.29, 0.717) is 0 Å². The molecule has 0 rings (SSSR count). The minimum Gasteiger partial charge on any atom is -0.352 e. The van der Waals surface area contributed by atoms with E-state index >= 15 is 0 Å². The highest BCUT2D eigenvalue weighted by molar-refractivity contribution is 5.83. The lowest BCUT2D eigenvalue weighted by Crippen LogP contribution is -2.39. The van der Waals surface area contributed by atoms with E-state index in [1.165, 1.54) is 6.92 Å². The predicted octanol–water partition coefficient (Wildman–Crippen LogP) is 0.0372. The van der Waals surface area contributed by atoms with Crippen molar-refractivity contribution in [3.05, 3.63) is 0 Å². The molecule has 0 radical (unpaired) electrons. The van der Waals surface area contributed by atoms with Gasteiger partial charge in [0, 0.05) is 13.0 Å². The summed E-state index contributed by atoms with van der Waals surface area (Å²) in [6.45, 7) is 5.37. The van der Waals surface area contributed by atoms with Crippen LogP contribution in [0.2, 0.25) is 0 Å². The number of hydrogen-bond donors (Lipinski definition) is 2. The van der Waals surface area contributed by atoms with Crippen LogP contribution in [0, 0.1) is 0 Å². The number of carbonyl (C=O) groups excluding carboxylic acids is 2. The van der Waals surface area contributed by atoms with Crippen molar-refractivity contribution < 1.29 is 9.59 Å². The Labute approximate surface area is 72.7 Å². The fourth-order valence-electron chi connectivity index (χ4n) is 0.633. The third-order valence-corrected chi connectivity index (χ3v) is 1.52. The van der Waals surface area contributed by atoms with Gasteiger partial charge in [0.2, 0.25) is 11.8 Å². The van der Waals surface area contributed by atoms with E-state index in [-0.39, 0.29) is 24.4 Å². The number of amides is 2. The second-order valence-electron chi connectivity index (χ2n) is 2.79. The van der Waals surface area contributed by atoms with E-state index in [9.17, 15) is 9.59 Å². The number of rotatable bonds is 4. The summed E-state index contributed by atoms with van der Waals surface area (Å²) in [6.07, 6.45) is 0.895. The standard InChI is InChI=1S/C8H16N2O2/c1-4-6(2)10-8(12)5-9-7(3)11/h6H,4-5H2,1-3H3,(H,9,11)(H,10,12). The summed E-state index contributed by atoms with van der Waals surface area (Å²) in [7, 11) is 0. The maximum atomic E-state index is 11.0. The van der Waals surface area contributed by atoms with Crippen molar-refractivity contribution in [2.45, 2.75) is 33.2 Å². The molecule has 0 saturated carbocycles. The van der Waals surface area contributed by atoms with E-state index in [2.05, 4.69) is 10.6 Å². The highest BCUT2D eigenvalue weighted by Gasteiger charge is 2.04. The average Bonchev–Trinajstić information content (AvgIpc) is 2.00. The molecule has 1 atom stereocenters. The van der Waals surface area contributed by atoms with Crippen molar-refractivity contribution in [2.24, 2.45) is 0 Å². The van der Waals surface area contributed by atoms with E-state index in [0.717, 1.165) is 6.42 Å². The van der Waals surface area contributed by atoms with E-state index in [1.54, 1.807) is 0 Å². The van der Waals surface area contributed by atoms with Crippen LogP contribution < -0.4 is 10.6 Å². The molecular weight excluding hydrogens is 156 g/mol. The monoisotopic (exact) mass is 172 g/mol. The maximum absolute atomic E-state index is 11.0. The average molecular weight is 172 g/mol. The summed E-state index contributed by atoms with van der Waals surface area (Å²) in [5, 5.41) is 5.16. The Morgan fingerprint density at radius 2 is 2.00 bits per heavy atom. The van der Waals surface area contributed by atoms with Gasteiger partial charge in [-0.2, -0.15) is 0 Å². The molecule has 12 heavy (non-hydrogen) atoms. The highest BCUT2D eigenvalue weighted by Crippen LogP contribution is 1.86. The van der Waals surface area contributed by atoms with Crippen LogP contribution in [0.25, 0.3) is 0 Å². The van der Waals surface area contributed by atoms with Crippen molar-refractivity contribution in [3.63, 3.8) is 0 Å². The Bertz CT molecular complexity index is 168. The molecule has 0 fully saturated rings. The van der Waals surface area contributed by atoms with Crippen molar-refractivity contribution in [2.75, 3.05) is 6.54 Å². The second-order valence-corrected chi connectivity index (χ2v) is 2.79. The molecule has 0 saturated heterocycles.